The molecule has 2 atom stereocenters. The van der Waals surface area contributed by atoms with E-state index in [1.807, 2.05) is 54.6 Å². The molecule has 0 bridgehead atoms. The van der Waals surface area contributed by atoms with Gasteiger partial charge in [0.05, 0.1) is 34.4 Å². The third-order valence-corrected chi connectivity index (χ3v) is 6.96. The van der Waals surface area contributed by atoms with E-state index in [9.17, 15) is 5.11 Å². The van der Waals surface area contributed by atoms with Crippen molar-refractivity contribution in [1.29, 1.82) is 0 Å². The second kappa shape index (κ2) is 11.4. The number of aromatic hydroxyl groups is 1. The van der Waals surface area contributed by atoms with Gasteiger partial charge in [-0.1, -0.05) is 36.4 Å². The van der Waals surface area contributed by atoms with Gasteiger partial charge in [-0.05, 0) is 71.1 Å². The maximum Gasteiger partial charge on any atom is 0.135 e. The van der Waals surface area contributed by atoms with Gasteiger partial charge in [-0.3, -0.25) is 0 Å². The summed E-state index contributed by atoms with van der Waals surface area (Å²) in [6, 6.07) is 25.3. The molecular weight excluding hydrogens is 492 g/mol. The molecule has 0 radical (unpaired) electrons. The lowest BCUT2D eigenvalue weighted by atomic mass is 9.84. The summed E-state index contributed by atoms with van der Waals surface area (Å²) in [7, 11) is 6.60. The molecule has 4 aromatic carbocycles. The maximum absolute atomic E-state index is 9.86. The number of fused-ring (bicyclic) bond motifs is 1. The summed E-state index contributed by atoms with van der Waals surface area (Å²) in [5.41, 5.74) is 5.26. The van der Waals surface area contributed by atoms with Gasteiger partial charge in [0.25, 0.3) is 0 Å². The highest BCUT2D eigenvalue weighted by Gasteiger charge is 2.37. The van der Waals surface area contributed by atoms with Crippen LogP contribution in [-0.4, -0.2) is 33.5 Å². The van der Waals surface area contributed by atoms with Crippen molar-refractivity contribution in [3.8, 4) is 34.5 Å². The Hall–Kier alpha value is -4.58. The van der Waals surface area contributed by atoms with Gasteiger partial charge in [-0.15, -0.1) is 0 Å². The predicted molar refractivity (Wildman–Crippen MR) is 152 cm³/mol. The molecular formula is C33H32O6. The SMILES string of the molecule is COc1cc(/C=C/Cc2ccc3c(c2)[C@@H](c2cc(OC)cc(OC)c2)[C@H](c2ccc(O)cc2)O3)cc(OC)c1. The van der Waals surface area contributed by atoms with Crippen LogP contribution in [0.2, 0.25) is 0 Å². The van der Waals surface area contributed by atoms with Crippen LogP contribution >= 0.6 is 0 Å². The summed E-state index contributed by atoms with van der Waals surface area (Å²) in [6.45, 7) is 0. The van der Waals surface area contributed by atoms with Gasteiger partial charge < -0.3 is 28.8 Å². The molecule has 0 aromatic heterocycles. The summed E-state index contributed by atoms with van der Waals surface area (Å²) < 4.78 is 28.4. The minimum atomic E-state index is -0.271. The molecule has 5 rings (SSSR count). The first-order chi connectivity index (χ1) is 19.0. The zero-order valence-corrected chi connectivity index (χ0v) is 22.5. The minimum absolute atomic E-state index is 0.0971. The Kier molecular flexibility index (Phi) is 7.64. The van der Waals surface area contributed by atoms with Gasteiger partial charge in [0.2, 0.25) is 0 Å². The summed E-state index contributed by atoms with van der Waals surface area (Å²) >= 11 is 0. The van der Waals surface area contributed by atoms with Crippen molar-refractivity contribution in [3.05, 3.63) is 113 Å². The van der Waals surface area contributed by atoms with Gasteiger partial charge in [0, 0.05) is 17.7 Å². The van der Waals surface area contributed by atoms with Crippen LogP contribution in [-0.2, 0) is 6.42 Å². The number of rotatable bonds is 9. The van der Waals surface area contributed by atoms with Crippen LogP contribution in [0.5, 0.6) is 34.5 Å². The highest BCUT2D eigenvalue weighted by atomic mass is 16.5. The molecule has 200 valence electrons. The molecule has 1 aliphatic rings. The molecule has 0 aliphatic carbocycles. The zero-order chi connectivity index (χ0) is 27.4. The van der Waals surface area contributed by atoms with E-state index < -0.39 is 0 Å². The van der Waals surface area contributed by atoms with Crippen molar-refractivity contribution in [1.82, 2.24) is 0 Å². The molecule has 1 aliphatic heterocycles. The van der Waals surface area contributed by atoms with Gasteiger partial charge in [-0.25, -0.2) is 0 Å². The average molecular weight is 525 g/mol. The number of methoxy groups -OCH3 is 4. The quantitative estimate of drug-likeness (QED) is 0.256. The van der Waals surface area contributed by atoms with E-state index in [0.29, 0.717) is 0 Å². The molecule has 0 fully saturated rings. The second-order valence-electron chi connectivity index (χ2n) is 9.38. The average Bonchev–Trinajstić information content (AvgIpc) is 3.35. The summed E-state index contributed by atoms with van der Waals surface area (Å²) in [4.78, 5) is 0. The van der Waals surface area contributed by atoms with Crippen molar-refractivity contribution in [3.63, 3.8) is 0 Å². The van der Waals surface area contributed by atoms with Crippen LogP contribution in [0, 0.1) is 0 Å². The zero-order valence-electron chi connectivity index (χ0n) is 22.5. The molecule has 0 saturated heterocycles. The molecule has 1 heterocycles. The van der Waals surface area contributed by atoms with Crippen molar-refractivity contribution in [2.75, 3.05) is 28.4 Å². The minimum Gasteiger partial charge on any atom is -0.508 e. The van der Waals surface area contributed by atoms with Crippen LogP contribution in [0.25, 0.3) is 6.08 Å². The van der Waals surface area contributed by atoms with Crippen LogP contribution in [0.3, 0.4) is 0 Å². The predicted octanol–water partition coefficient (Wildman–Crippen LogP) is 6.95. The Morgan fingerprint density at radius 2 is 1.28 bits per heavy atom. The van der Waals surface area contributed by atoms with Crippen molar-refractivity contribution in [2.24, 2.45) is 0 Å². The fraction of sp³-hybridized carbons (Fsp3) is 0.212. The monoisotopic (exact) mass is 524 g/mol. The lowest BCUT2D eigenvalue weighted by molar-refractivity contribution is 0.222. The molecule has 6 nitrogen and oxygen atoms in total. The van der Waals surface area contributed by atoms with Crippen molar-refractivity contribution in [2.45, 2.75) is 18.4 Å². The maximum atomic E-state index is 9.86. The van der Waals surface area contributed by atoms with Crippen molar-refractivity contribution >= 4 is 6.08 Å². The second-order valence-corrected chi connectivity index (χ2v) is 9.38. The van der Waals surface area contributed by atoms with E-state index >= 15 is 0 Å². The Balaban J connectivity index is 1.49. The first-order valence-electron chi connectivity index (χ1n) is 12.7. The molecule has 39 heavy (non-hydrogen) atoms. The van der Waals surface area contributed by atoms with E-state index in [4.69, 9.17) is 23.7 Å². The highest BCUT2D eigenvalue weighted by Crippen LogP contribution is 2.51. The Morgan fingerprint density at radius 3 is 1.87 bits per heavy atom. The number of phenolic OH excluding ortho intramolecular Hbond substituents is 1. The van der Waals surface area contributed by atoms with E-state index in [0.717, 1.165) is 63.0 Å². The fourth-order valence-corrected chi connectivity index (χ4v) is 4.99. The molecule has 1 N–H and O–H groups in total. The summed E-state index contributed by atoms with van der Waals surface area (Å²) in [6.07, 6.45) is 4.67. The standard InChI is InChI=1S/C33H32O6/c1-35-26-14-22(15-27(19-26)36-2)7-5-6-21-8-13-31-30(16-21)32(24-17-28(37-3)20-29(18-24)38-4)33(39-31)23-9-11-25(34)12-10-23/h5,7-20,32-34H,6H2,1-4H3/b7-5+/t32-,33+/m1/s1. The van der Waals surface area contributed by atoms with Crippen LogP contribution in [0.1, 0.15) is 39.8 Å². The topological polar surface area (TPSA) is 66.4 Å². The fourth-order valence-electron chi connectivity index (χ4n) is 4.99. The van der Waals surface area contributed by atoms with Gasteiger partial charge >= 0.3 is 0 Å². The van der Waals surface area contributed by atoms with Crippen LogP contribution in [0.15, 0.2) is 84.9 Å². The first kappa shape index (κ1) is 26.0. The lowest BCUT2D eigenvalue weighted by Gasteiger charge is -2.21. The smallest absolute Gasteiger partial charge is 0.135 e. The lowest BCUT2D eigenvalue weighted by Crippen LogP contribution is -2.11. The number of hydrogen-bond acceptors (Lipinski definition) is 6. The third kappa shape index (κ3) is 5.65. The van der Waals surface area contributed by atoms with E-state index in [1.54, 1.807) is 40.6 Å². The van der Waals surface area contributed by atoms with Crippen LogP contribution in [0.4, 0.5) is 0 Å². The highest BCUT2D eigenvalue weighted by molar-refractivity contribution is 5.57. The number of benzene rings is 4. The summed E-state index contributed by atoms with van der Waals surface area (Å²) in [5.74, 6) is 3.90. The van der Waals surface area contributed by atoms with Gasteiger partial charge in [-0.2, -0.15) is 0 Å². The normalized spacial score (nSPS) is 16.0. The first-order valence-corrected chi connectivity index (χ1v) is 12.7. The molecule has 0 saturated carbocycles. The number of ether oxygens (including phenoxy) is 5. The van der Waals surface area contributed by atoms with Crippen LogP contribution < -0.4 is 23.7 Å². The molecule has 0 amide bonds. The largest absolute Gasteiger partial charge is 0.508 e. The van der Waals surface area contributed by atoms with E-state index in [-0.39, 0.29) is 17.8 Å². The van der Waals surface area contributed by atoms with Crippen molar-refractivity contribution < 1.29 is 28.8 Å². The third-order valence-electron chi connectivity index (χ3n) is 6.96. The number of phenols is 1. The molecule has 0 spiro atoms. The molecule has 4 aromatic rings. The Bertz CT molecular complexity index is 1430. The Morgan fingerprint density at radius 1 is 0.692 bits per heavy atom. The van der Waals surface area contributed by atoms with Gasteiger partial charge in [0.1, 0.15) is 40.6 Å². The molecule has 0 unspecified atom stereocenters. The number of hydrogen-bond donors (Lipinski definition) is 1. The van der Waals surface area contributed by atoms with E-state index in [2.05, 4.69) is 24.3 Å². The van der Waals surface area contributed by atoms with E-state index in [1.165, 1.54) is 0 Å². The number of allylic oxidation sites excluding steroid dienone is 1. The summed E-state index contributed by atoms with van der Waals surface area (Å²) in [5, 5.41) is 9.86. The molecule has 6 heteroatoms. The Labute approximate surface area is 229 Å². The van der Waals surface area contributed by atoms with Gasteiger partial charge in [0.15, 0.2) is 0 Å².